The minimum absolute atomic E-state index is 0.170. The van der Waals surface area contributed by atoms with Crippen molar-refractivity contribution in [3.8, 4) is 0 Å². The first-order valence-electron chi connectivity index (χ1n) is 5.83. The molecule has 0 N–H and O–H groups in total. The summed E-state index contributed by atoms with van der Waals surface area (Å²) in [5.74, 6) is 0. The van der Waals surface area contributed by atoms with Crippen molar-refractivity contribution < 1.29 is 13.6 Å². The zero-order valence-corrected chi connectivity index (χ0v) is 12.5. The van der Waals surface area contributed by atoms with E-state index in [9.17, 15) is 0 Å². The van der Waals surface area contributed by atoms with Gasteiger partial charge in [-0.3, -0.25) is 0 Å². The zero-order valence-electron chi connectivity index (χ0n) is 11.5. The van der Waals surface area contributed by atoms with Gasteiger partial charge in [0.15, 0.2) is 0 Å². The lowest BCUT2D eigenvalue weighted by atomic mass is 10.4. The van der Waals surface area contributed by atoms with Crippen LogP contribution in [-0.4, -0.2) is 33.6 Å². The third kappa shape index (κ3) is 8.04. The number of ether oxygens (including phenoxy) is 1. The third-order valence-electron chi connectivity index (χ3n) is 1.68. The Morgan fingerprint density at radius 2 is 1.56 bits per heavy atom. The van der Waals surface area contributed by atoms with E-state index < -0.39 is 8.56 Å². The fourth-order valence-corrected chi connectivity index (χ4v) is 4.16. The van der Waals surface area contributed by atoms with E-state index in [1.165, 1.54) is 0 Å². The van der Waals surface area contributed by atoms with Crippen LogP contribution in [0.4, 0.5) is 0 Å². The topological polar surface area (TPSA) is 27.7 Å². The summed E-state index contributed by atoms with van der Waals surface area (Å²) in [4.78, 5) is 0. The van der Waals surface area contributed by atoms with E-state index >= 15 is 0 Å². The molecular weight excluding hydrogens is 220 g/mol. The van der Waals surface area contributed by atoms with Crippen molar-refractivity contribution in [3.05, 3.63) is 12.2 Å². The van der Waals surface area contributed by atoms with Crippen LogP contribution in [-0.2, 0) is 13.6 Å². The zero-order chi connectivity index (χ0) is 12.8. The second-order valence-corrected chi connectivity index (χ2v) is 7.94. The Morgan fingerprint density at radius 3 is 1.88 bits per heavy atom. The first kappa shape index (κ1) is 15.8. The van der Waals surface area contributed by atoms with Crippen LogP contribution in [0.1, 0.15) is 34.6 Å². The molecule has 0 atom stereocenters. The molecule has 0 aromatic carbocycles. The monoisotopic (exact) mass is 246 g/mol. The highest BCUT2D eigenvalue weighted by molar-refractivity contribution is 6.66. The average molecular weight is 246 g/mol. The van der Waals surface area contributed by atoms with Gasteiger partial charge >= 0.3 is 8.56 Å². The molecule has 16 heavy (non-hydrogen) atoms. The lowest BCUT2D eigenvalue weighted by Crippen LogP contribution is -2.47. The molecule has 0 heterocycles. The van der Waals surface area contributed by atoms with Crippen molar-refractivity contribution >= 4 is 8.56 Å². The smallest absolute Gasteiger partial charge is 0.362 e. The molecule has 0 amide bonds. The van der Waals surface area contributed by atoms with Crippen LogP contribution in [0.5, 0.6) is 0 Å². The van der Waals surface area contributed by atoms with Crippen LogP contribution in [0.25, 0.3) is 0 Å². The molecule has 0 aliphatic heterocycles. The van der Waals surface area contributed by atoms with Gasteiger partial charge in [0.05, 0.1) is 12.8 Å². The van der Waals surface area contributed by atoms with Crippen molar-refractivity contribution in [2.45, 2.75) is 53.4 Å². The molecule has 0 aliphatic carbocycles. The Morgan fingerprint density at radius 1 is 1.12 bits per heavy atom. The summed E-state index contributed by atoms with van der Waals surface area (Å²) in [6.45, 7) is 16.5. The molecule has 0 radical (unpaired) electrons. The minimum atomic E-state index is -2.21. The van der Waals surface area contributed by atoms with Crippen LogP contribution >= 0.6 is 0 Å². The third-order valence-corrected chi connectivity index (χ3v) is 4.35. The van der Waals surface area contributed by atoms with Gasteiger partial charge in [0.1, 0.15) is 0 Å². The average Bonchev–Trinajstić information content (AvgIpc) is 1.98. The molecule has 0 rings (SSSR count). The Kier molecular flexibility index (Phi) is 7.15. The second kappa shape index (κ2) is 7.22. The Labute approximate surface area is 101 Å². The summed E-state index contributed by atoms with van der Waals surface area (Å²) in [7, 11) is -2.21. The molecule has 3 nitrogen and oxygen atoms in total. The normalized spacial score (nSPS) is 12.5. The summed E-state index contributed by atoms with van der Waals surface area (Å²) in [6.07, 6.45) is 0.892. The van der Waals surface area contributed by atoms with Gasteiger partial charge in [-0.25, -0.2) is 0 Å². The van der Waals surface area contributed by atoms with E-state index in [0.29, 0.717) is 12.8 Å². The molecule has 4 heteroatoms. The molecule has 0 aromatic rings. The van der Waals surface area contributed by atoms with Crippen LogP contribution in [0.15, 0.2) is 12.2 Å². The van der Waals surface area contributed by atoms with Gasteiger partial charge in [0.2, 0.25) is 0 Å². The second-order valence-electron chi connectivity index (χ2n) is 4.92. The Bertz CT molecular complexity index is 204. The standard InChI is InChI=1S/C12H26O3Si/c1-10(2)8-13-9-16(7,14-11(3)4)15-12(5)6/h11-12H,1,8-9H2,2-7H3. The van der Waals surface area contributed by atoms with Crippen molar-refractivity contribution in [2.24, 2.45) is 0 Å². The molecule has 0 saturated carbocycles. The molecule has 0 fully saturated rings. The molecule has 0 saturated heterocycles. The van der Waals surface area contributed by atoms with Crippen molar-refractivity contribution in [1.29, 1.82) is 0 Å². The molecule has 0 bridgehead atoms. The van der Waals surface area contributed by atoms with Gasteiger partial charge in [-0.05, 0) is 41.2 Å². The van der Waals surface area contributed by atoms with Crippen LogP contribution < -0.4 is 0 Å². The molecule has 0 aliphatic rings. The Hall–Kier alpha value is -0.163. The molecule has 96 valence electrons. The lowest BCUT2D eigenvalue weighted by Gasteiger charge is -2.30. The molecular formula is C12H26O3Si. The molecule has 0 unspecified atom stereocenters. The highest BCUT2D eigenvalue weighted by Crippen LogP contribution is 2.14. The number of rotatable bonds is 8. The number of hydrogen-bond donors (Lipinski definition) is 0. The van der Waals surface area contributed by atoms with Crippen LogP contribution in [0, 0.1) is 0 Å². The fraction of sp³-hybridized carbons (Fsp3) is 0.833. The summed E-state index contributed by atoms with van der Waals surface area (Å²) >= 11 is 0. The highest BCUT2D eigenvalue weighted by atomic mass is 28.4. The van der Waals surface area contributed by atoms with Crippen molar-refractivity contribution in [3.63, 3.8) is 0 Å². The Balaban J connectivity index is 4.23. The molecule has 0 aromatic heterocycles. The van der Waals surface area contributed by atoms with E-state index in [-0.39, 0.29) is 12.2 Å². The van der Waals surface area contributed by atoms with E-state index in [0.717, 1.165) is 5.57 Å². The number of hydrogen-bond acceptors (Lipinski definition) is 3. The SMILES string of the molecule is C=C(C)COC[Si](C)(OC(C)C)OC(C)C. The van der Waals surface area contributed by atoms with Gasteiger partial charge in [0, 0.05) is 12.2 Å². The van der Waals surface area contributed by atoms with Crippen molar-refractivity contribution in [1.82, 2.24) is 0 Å². The van der Waals surface area contributed by atoms with Gasteiger partial charge in [-0.2, -0.15) is 0 Å². The summed E-state index contributed by atoms with van der Waals surface area (Å²) in [5, 5.41) is 0. The van der Waals surface area contributed by atoms with Gasteiger partial charge < -0.3 is 13.6 Å². The van der Waals surface area contributed by atoms with E-state index in [2.05, 4.69) is 6.58 Å². The largest absolute Gasteiger partial charge is 0.391 e. The lowest BCUT2D eigenvalue weighted by molar-refractivity contribution is 0.0733. The van der Waals surface area contributed by atoms with E-state index in [1.807, 2.05) is 41.2 Å². The summed E-state index contributed by atoms with van der Waals surface area (Å²) in [6, 6.07) is 0. The summed E-state index contributed by atoms with van der Waals surface area (Å²) < 4.78 is 17.4. The quantitative estimate of drug-likeness (QED) is 0.487. The minimum Gasteiger partial charge on any atom is -0.391 e. The van der Waals surface area contributed by atoms with Crippen LogP contribution in [0.2, 0.25) is 6.55 Å². The van der Waals surface area contributed by atoms with Gasteiger partial charge in [-0.1, -0.05) is 12.2 Å². The van der Waals surface area contributed by atoms with Crippen LogP contribution in [0.3, 0.4) is 0 Å². The first-order chi connectivity index (χ1) is 7.25. The van der Waals surface area contributed by atoms with Gasteiger partial charge in [-0.15, -0.1) is 0 Å². The maximum absolute atomic E-state index is 5.89. The highest BCUT2D eigenvalue weighted by Gasteiger charge is 2.34. The first-order valence-corrected chi connectivity index (χ1v) is 8.35. The molecule has 0 spiro atoms. The van der Waals surface area contributed by atoms with E-state index in [4.69, 9.17) is 13.6 Å². The summed E-state index contributed by atoms with van der Waals surface area (Å²) in [5.41, 5.74) is 1.02. The predicted molar refractivity (Wildman–Crippen MR) is 69.7 cm³/mol. The van der Waals surface area contributed by atoms with Crippen molar-refractivity contribution in [2.75, 3.05) is 12.8 Å². The predicted octanol–water partition coefficient (Wildman–Crippen LogP) is 3.04. The fourth-order valence-electron chi connectivity index (χ4n) is 1.50. The maximum Gasteiger partial charge on any atom is 0.362 e. The maximum atomic E-state index is 5.89. The van der Waals surface area contributed by atoms with E-state index in [1.54, 1.807) is 0 Å². The van der Waals surface area contributed by atoms with Gasteiger partial charge in [0.25, 0.3) is 0 Å².